The van der Waals surface area contributed by atoms with Crippen LogP contribution in [-0.2, 0) is 9.47 Å². The maximum Gasteiger partial charge on any atom is 0.212 e. The van der Waals surface area contributed by atoms with Gasteiger partial charge in [0.05, 0.1) is 35.1 Å². The van der Waals surface area contributed by atoms with Gasteiger partial charge in [0.25, 0.3) is 0 Å². The average molecular weight is 541 g/mol. The van der Waals surface area contributed by atoms with Gasteiger partial charge in [0.1, 0.15) is 48.1 Å². The Morgan fingerprint density at radius 3 is 2.46 bits per heavy atom. The average Bonchev–Trinajstić information content (AvgIpc) is 3.75. The van der Waals surface area contributed by atoms with Gasteiger partial charge in [-0.25, -0.2) is 14.6 Å². The topological polar surface area (TPSA) is 131 Å². The molecule has 2 aromatic carbocycles. The molecule has 2 aliphatic heterocycles. The normalized spacial score (nSPS) is 22.2. The maximum absolute atomic E-state index is 10.0. The first-order valence-electron chi connectivity index (χ1n) is 12.3. The molecule has 2 saturated heterocycles. The summed E-state index contributed by atoms with van der Waals surface area (Å²) in [4.78, 5) is 11.9. The standard InChI is InChI=1S/C28H21ClN6O4/c29-20-9-21-25(19(10-30)28(33-21)39-23-12-38-26-22(36)11-37-27(23)26)34-24(20)17-3-1-15(2-4-17)16-5-7-18(8-6-16)35-14-31-13-32-35/h1-9,13-14,22-23,26-27,33,36H,11-12H2/t22-,23-,26-,27-/m1/s1. The second-order valence-electron chi connectivity index (χ2n) is 9.44. The number of rotatable bonds is 5. The third kappa shape index (κ3) is 4.13. The highest BCUT2D eigenvalue weighted by Crippen LogP contribution is 2.36. The summed E-state index contributed by atoms with van der Waals surface area (Å²) in [6, 6.07) is 19.9. The molecule has 2 aliphatic rings. The lowest BCUT2D eigenvalue weighted by Crippen LogP contribution is -2.34. The Labute approximate surface area is 227 Å². The zero-order valence-corrected chi connectivity index (χ0v) is 21.1. The van der Waals surface area contributed by atoms with E-state index in [1.165, 1.54) is 6.33 Å². The van der Waals surface area contributed by atoms with Crippen LogP contribution in [0.5, 0.6) is 5.88 Å². The second-order valence-corrected chi connectivity index (χ2v) is 9.85. The summed E-state index contributed by atoms with van der Waals surface area (Å²) < 4.78 is 19.1. The van der Waals surface area contributed by atoms with E-state index in [1.54, 1.807) is 17.1 Å². The van der Waals surface area contributed by atoms with E-state index in [4.69, 9.17) is 30.8 Å². The van der Waals surface area contributed by atoms with Gasteiger partial charge in [0, 0.05) is 5.56 Å². The molecule has 0 bridgehead atoms. The Kier molecular flexibility index (Phi) is 5.79. The molecule has 5 aromatic rings. The lowest BCUT2D eigenvalue weighted by Gasteiger charge is -2.16. The molecule has 5 heterocycles. The Balaban J connectivity index is 1.16. The van der Waals surface area contributed by atoms with Gasteiger partial charge in [-0.1, -0.05) is 48.0 Å². The predicted octanol–water partition coefficient (Wildman–Crippen LogP) is 3.91. The monoisotopic (exact) mass is 540 g/mol. The number of H-pyrrole nitrogens is 1. The van der Waals surface area contributed by atoms with Crippen LogP contribution in [0.4, 0.5) is 0 Å². The summed E-state index contributed by atoms with van der Waals surface area (Å²) >= 11 is 6.64. The first-order chi connectivity index (χ1) is 19.1. The van der Waals surface area contributed by atoms with Crippen molar-refractivity contribution in [1.82, 2.24) is 24.7 Å². The molecule has 0 spiro atoms. The molecule has 0 aliphatic carbocycles. The van der Waals surface area contributed by atoms with Crippen LogP contribution in [0.15, 0.2) is 67.3 Å². The van der Waals surface area contributed by atoms with Crippen molar-refractivity contribution in [2.45, 2.75) is 24.4 Å². The number of aromatic nitrogens is 5. The van der Waals surface area contributed by atoms with Gasteiger partial charge in [-0.2, -0.15) is 10.4 Å². The molecule has 4 atom stereocenters. The Bertz CT molecular complexity index is 1700. The molecule has 7 rings (SSSR count). The molecule has 3 aromatic heterocycles. The van der Waals surface area contributed by atoms with E-state index in [0.717, 1.165) is 22.4 Å². The van der Waals surface area contributed by atoms with Crippen LogP contribution in [0, 0.1) is 11.3 Å². The van der Waals surface area contributed by atoms with E-state index in [0.29, 0.717) is 21.7 Å². The molecule has 0 saturated carbocycles. The summed E-state index contributed by atoms with van der Waals surface area (Å²) in [6.07, 6.45) is 1.18. The Hall–Kier alpha value is -4.27. The van der Waals surface area contributed by atoms with Crippen LogP contribution >= 0.6 is 11.6 Å². The van der Waals surface area contributed by atoms with Crippen LogP contribution < -0.4 is 4.74 Å². The summed E-state index contributed by atoms with van der Waals surface area (Å²) in [5.74, 6) is 0.275. The highest BCUT2D eigenvalue weighted by atomic mass is 35.5. The molecule has 0 amide bonds. The molecule has 10 nitrogen and oxygen atoms in total. The van der Waals surface area contributed by atoms with Gasteiger partial charge in [0.2, 0.25) is 5.88 Å². The smallest absolute Gasteiger partial charge is 0.212 e. The van der Waals surface area contributed by atoms with Gasteiger partial charge in [-0.3, -0.25) is 0 Å². The lowest BCUT2D eigenvalue weighted by molar-refractivity contribution is 0.00789. The fourth-order valence-corrected chi connectivity index (χ4v) is 5.39. The summed E-state index contributed by atoms with van der Waals surface area (Å²) in [5, 5.41) is 24.5. The third-order valence-corrected chi connectivity index (χ3v) is 7.38. The van der Waals surface area contributed by atoms with Crippen molar-refractivity contribution < 1.29 is 19.3 Å². The van der Waals surface area contributed by atoms with E-state index >= 15 is 0 Å². The van der Waals surface area contributed by atoms with Gasteiger partial charge in [-0.05, 0) is 29.3 Å². The van der Waals surface area contributed by atoms with Gasteiger partial charge < -0.3 is 24.3 Å². The van der Waals surface area contributed by atoms with Crippen LogP contribution in [0.2, 0.25) is 5.02 Å². The van der Waals surface area contributed by atoms with Crippen molar-refractivity contribution >= 4 is 22.6 Å². The van der Waals surface area contributed by atoms with E-state index < -0.39 is 24.4 Å². The van der Waals surface area contributed by atoms with Gasteiger partial charge in [-0.15, -0.1) is 0 Å². The molecule has 2 fully saturated rings. The number of fused-ring (bicyclic) bond motifs is 2. The predicted molar refractivity (Wildman–Crippen MR) is 142 cm³/mol. The van der Waals surface area contributed by atoms with Gasteiger partial charge in [0.15, 0.2) is 6.10 Å². The summed E-state index contributed by atoms with van der Waals surface area (Å²) in [5.41, 5.74) is 5.71. The quantitative estimate of drug-likeness (QED) is 0.343. The number of aromatic amines is 1. The number of ether oxygens (including phenoxy) is 3. The minimum atomic E-state index is -0.685. The number of halogens is 1. The van der Waals surface area contributed by atoms with Crippen molar-refractivity contribution in [3.63, 3.8) is 0 Å². The fraction of sp³-hybridized carbons (Fsp3) is 0.214. The largest absolute Gasteiger partial charge is 0.469 e. The molecule has 39 heavy (non-hydrogen) atoms. The molecule has 194 valence electrons. The minimum Gasteiger partial charge on any atom is -0.469 e. The molecular weight excluding hydrogens is 520 g/mol. The summed E-state index contributed by atoms with van der Waals surface area (Å²) in [7, 11) is 0. The summed E-state index contributed by atoms with van der Waals surface area (Å²) in [6.45, 7) is 0.447. The molecule has 0 radical (unpaired) electrons. The van der Waals surface area contributed by atoms with Crippen LogP contribution in [0.25, 0.3) is 39.1 Å². The number of nitrogens with zero attached hydrogens (tertiary/aromatic N) is 5. The number of benzene rings is 2. The van der Waals surface area contributed by atoms with Crippen LogP contribution in [-0.4, -0.2) is 67.5 Å². The van der Waals surface area contributed by atoms with E-state index in [9.17, 15) is 10.4 Å². The van der Waals surface area contributed by atoms with E-state index in [1.807, 2.05) is 48.5 Å². The lowest BCUT2D eigenvalue weighted by atomic mass is 10.0. The van der Waals surface area contributed by atoms with Gasteiger partial charge >= 0.3 is 0 Å². The van der Waals surface area contributed by atoms with Crippen molar-refractivity contribution in [3.8, 4) is 40.0 Å². The highest BCUT2D eigenvalue weighted by molar-refractivity contribution is 6.33. The molecular formula is C28H21ClN6O4. The number of aliphatic hydroxyl groups excluding tert-OH is 1. The number of pyridine rings is 1. The number of hydrogen-bond acceptors (Lipinski definition) is 8. The van der Waals surface area contributed by atoms with Crippen molar-refractivity contribution in [1.29, 1.82) is 5.26 Å². The number of aliphatic hydroxyl groups is 1. The minimum absolute atomic E-state index is 0.195. The van der Waals surface area contributed by atoms with Crippen molar-refractivity contribution in [2.24, 2.45) is 0 Å². The van der Waals surface area contributed by atoms with E-state index in [-0.39, 0.29) is 24.7 Å². The Morgan fingerprint density at radius 2 is 1.74 bits per heavy atom. The SMILES string of the molecule is N#Cc1c(O[C@@H]2CO[C@H]3[C@@H]2OC[C@H]3O)[nH]c2cc(Cl)c(-c3ccc(-c4ccc(-n5cncn5)cc4)cc3)nc12. The van der Waals surface area contributed by atoms with Crippen LogP contribution in [0.3, 0.4) is 0 Å². The molecule has 2 N–H and O–H groups in total. The number of hydrogen-bond donors (Lipinski definition) is 2. The zero-order valence-electron chi connectivity index (χ0n) is 20.4. The zero-order chi connectivity index (χ0) is 26.5. The fourth-order valence-electron chi connectivity index (χ4n) is 5.13. The molecule has 11 heteroatoms. The third-order valence-electron chi connectivity index (χ3n) is 7.09. The van der Waals surface area contributed by atoms with Crippen LogP contribution in [0.1, 0.15) is 5.56 Å². The van der Waals surface area contributed by atoms with Crippen molar-refractivity contribution in [3.05, 3.63) is 77.8 Å². The van der Waals surface area contributed by atoms with Crippen molar-refractivity contribution in [2.75, 3.05) is 13.2 Å². The Morgan fingerprint density at radius 1 is 1.03 bits per heavy atom. The maximum atomic E-state index is 10.0. The second kappa shape index (κ2) is 9.48. The number of nitriles is 1. The highest BCUT2D eigenvalue weighted by Gasteiger charge is 2.48. The first-order valence-corrected chi connectivity index (χ1v) is 12.7. The first kappa shape index (κ1) is 23.8. The van der Waals surface area contributed by atoms with E-state index in [2.05, 4.69) is 21.1 Å². The number of nitrogens with one attached hydrogen (secondary N) is 1. The molecule has 0 unspecified atom stereocenters.